The molecule has 0 aromatic rings. The molecule has 0 aliphatic heterocycles. The minimum Gasteiger partial charge on any atom is -0.449 e. The van der Waals surface area contributed by atoms with Gasteiger partial charge in [0.2, 0.25) is 0 Å². The molecule has 10 heavy (non-hydrogen) atoms. The molecule has 2 nitrogen and oxygen atoms in total. The molecule has 0 saturated heterocycles. The van der Waals surface area contributed by atoms with Crippen molar-refractivity contribution in [3.63, 3.8) is 0 Å². The van der Waals surface area contributed by atoms with Crippen LogP contribution in [0.15, 0.2) is 12.2 Å². The third-order valence-corrected chi connectivity index (χ3v) is 0.787. The zero-order valence-electron chi connectivity index (χ0n) is 5.96. The van der Waals surface area contributed by atoms with Crippen LogP contribution in [-0.4, -0.2) is 12.6 Å². The first kappa shape index (κ1) is 8.77. The quantitative estimate of drug-likeness (QED) is 0.332. The Hall–Kier alpha value is -1.23. The first-order chi connectivity index (χ1) is 4.81. The Kier molecular flexibility index (Phi) is 5.17. The van der Waals surface area contributed by atoms with Crippen molar-refractivity contribution in [2.45, 2.75) is 13.3 Å². The van der Waals surface area contributed by atoms with E-state index in [4.69, 9.17) is 6.42 Å². The molecule has 0 aromatic heterocycles. The van der Waals surface area contributed by atoms with Gasteiger partial charge in [-0.15, -0.1) is 6.42 Å². The smallest absolute Gasteiger partial charge is 0.331 e. The van der Waals surface area contributed by atoms with Crippen molar-refractivity contribution in [2.24, 2.45) is 0 Å². The van der Waals surface area contributed by atoms with Gasteiger partial charge in [0.05, 0.1) is 0 Å². The molecule has 0 aromatic carbocycles. The average molecular weight is 138 g/mol. The van der Waals surface area contributed by atoms with Gasteiger partial charge in [-0.25, -0.2) is 4.79 Å². The highest BCUT2D eigenvalue weighted by Gasteiger charge is 1.90. The molecule has 54 valence electrons. The molecule has 0 unspecified atom stereocenters. The van der Waals surface area contributed by atoms with Crippen LogP contribution >= 0.6 is 0 Å². The standard InChI is InChI=1S/C8H10O2/c1-3-5-6-8(9)10-7-4-2/h2,5-6H,3,7H2,1H3/b6-5+. The van der Waals surface area contributed by atoms with Crippen molar-refractivity contribution < 1.29 is 9.53 Å². The minimum absolute atomic E-state index is 0.0485. The summed E-state index contributed by atoms with van der Waals surface area (Å²) in [6, 6.07) is 0. The Labute approximate surface area is 60.9 Å². The zero-order valence-corrected chi connectivity index (χ0v) is 5.96. The SMILES string of the molecule is C#CCOC(=O)/C=C/CC. The summed E-state index contributed by atoms with van der Waals surface area (Å²) in [5.41, 5.74) is 0. The molecule has 0 heterocycles. The summed E-state index contributed by atoms with van der Waals surface area (Å²) in [4.78, 5) is 10.6. The second-order valence-electron chi connectivity index (χ2n) is 1.62. The molecule has 2 heteroatoms. The molecular formula is C8H10O2. The van der Waals surface area contributed by atoms with E-state index in [2.05, 4.69) is 10.7 Å². The van der Waals surface area contributed by atoms with Crippen molar-refractivity contribution in [1.29, 1.82) is 0 Å². The van der Waals surface area contributed by atoms with E-state index in [9.17, 15) is 4.79 Å². The number of carbonyl (C=O) groups is 1. The molecule has 0 atom stereocenters. The van der Waals surface area contributed by atoms with E-state index < -0.39 is 0 Å². The van der Waals surface area contributed by atoms with E-state index in [1.165, 1.54) is 6.08 Å². The fraction of sp³-hybridized carbons (Fsp3) is 0.375. The van der Waals surface area contributed by atoms with Gasteiger partial charge in [-0.3, -0.25) is 0 Å². The lowest BCUT2D eigenvalue weighted by atomic mass is 10.4. The molecule has 0 saturated carbocycles. The first-order valence-electron chi connectivity index (χ1n) is 3.08. The Morgan fingerprint density at radius 3 is 3.00 bits per heavy atom. The topological polar surface area (TPSA) is 26.3 Å². The summed E-state index contributed by atoms with van der Waals surface area (Å²) in [7, 11) is 0. The molecule has 0 N–H and O–H groups in total. The lowest BCUT2D eigenvalue weighted by Gasteiger charge is -1.92. The molecule has 0 rings (SSSR count). The predicted molar refractivity (Wildman–Crippen MR) is 39.2 cm³/mol. The fourth-order valence-electron chi connectivity index (χ4n) is 0.375. The third-order valence-electron chi connectivity index (χ3n) is 0.787. The van der Waals surface area contributed by atoms with Crippen LogP contribution in [0.25, 0.3) is 0 Å². The van der Waals surface area contributed by atoms with Gasteiger partial charge in [-0.2, -0.15) is 0 Å². The van der Waals surface area contributed by atoms with Crippen molar-refractivity contribution in [1.82, 2.24) is 0 Å². The van der Waals surface area contributed by atoms with Gasteiger partial charge in [-0.05, 0) is 6.42 Å². The number of hydrogen-bond donors (Lipinski definition) is 0. The summed E-state index contributed by atoms with van der Waals surface area (Å²) >= 11 is 0. The molecule has 0 fully saturated rings. The average Bonchev–Trinajstić information content (AvgIpc) is 1.97. The normalized spacial score (nSPS) is 9.20. The highest BCUT2D eigenvalue weighted by atomic mass is 16.5. The Morgan fingerprint density at radius 1 is 1.80 bits per heavy atom. The molecule has 0 amide bonds. The van der Waals surface area contributed by atoms with E-state index in [0.29, 0.717) is 0 Å². The monoisotopic (exact) mass is 138 g/mol. The van der Waals surface area contributed by atoms with Crippen LogP contribution < -0.4 is 0 Å². The highest BCUT2D eigenvalue weighted by Crippen LogP contribution is 1.83. The van der Waals surface area contributed by atoms with Gasteiger partial charge in [0, 0.05) is 6.08 Å². The number of hydrogen-bond acceptors (Lipinski definition) is 2. The van der Waals surface area contributed by atoms with Gasteiger partial charge >= 0.3 is 5.97 Å². The van der Waals surface area contributed by atoms with Crippen LogP contribution in [0.4, 0.5) is 0 Å². The lowest BCUT2D eigenvalue weighted by Crippen LogP contribution is -1.99. The minimum atomic E-state index is -0.375. The summed E-state index contributed by atoms with van der Waals surface area (Å²) in [6.45, 7) is 1.98. The third kappa shape index (κ3) is 4.92. The highest BCUT2D eigenvalue weighted by molar-refractivity contribution is 5.81. The maximum Gasteiger partial charge on any atom is 0.331 e. The Morgan fingerprint density at radius 2 is 2.50 bits per heavy atom. The van der Waals surface area contributed by atoms with Crippen molar-refractivity contribution in [3.05, 3.63) is 12.2 Å². The Balaban J connectivity index is 3.46. The number of terminal acetylenes is 1. The molecule has 0 spiro atoms. The number of allylic oxidation sites excluding steroid dienone is 1. The second-order valence-corrected chi connectivity index (χ2v) is 1.62. The predicted octanol–water partition coefficient (Wildman–Crippen LogP) is 1.13. The van der Waals surface area contributed by atoms with E-state index in [1.807, 2.05) is 6.92 Å². The maximum atomic E-state index is 10.6. The molecular weight excluding hydrogens is 128 g/mol. The summed E-state index contributed by atoms with van der Waals surface area (Å²) < 4.78 is 4.53. The van der Waals surface area contributed by atoms with E-state index in [0.717, 1.165) is 6.42 Å². The largest absolute Gasteiger partial charge is 0.449 e. The first-order valence-corrected chi connectivity index (χ1v) is 3.08. The molecule has 0 aliphatic rings. The van der Waals surface area contributed by atoms with Crippen molar-refractivity contribution in [3.8, 4) is 12.3 Å². The Bertz CT molecular complexity index is 163. The van der Waals surface area contributed by atoms with E-state index in [1.54, 1.807) is 6.08 Å². The summed E-state index contributed by atoms with van der Waals surface area (Å²) in [5, 5.41) is 0. The van der Waals surface area contributed by atoms with E-state index >= 15 is 0 Å². The van der Waals surface area contributed by atoms with Gasteiger partial charge in [0.15, 0.2) is 6.61 Å². The lowest BCUT2D eigenvalue weighted by molar-refractivity contribution is -0.136. The van der Waals surface area contributed by atoms with Gasteiger partial charge in [-0.1, -0.05) is 18.9 Å². The summed E-state index contributed by atoms with van der Waals surface area (Å²) in [6.07, 6.45) is 8.77. The number of ether oxygens (including phenoxy) is 1. The van der Waals surface area contributed by atoms with Crippen LogP contribution in [-0.2, 0) is 9.53 Å². The second kappa shape index (κ2) is 5.90. The fourth-order valence-corrected chi connectivity index (χ4v) is 0.375. The van der Waals surface area contributed by atoms with Crippen LogP contribution in [0.3, 0.4) is 0 Å². The maximum absolute atomic E-state index is 10.6. The van der Waals surface area contributed by atoms with Crippen molar-refractivity contribution >= 4 is 5.97 Å². The van der Waals surface area contributed by atoms with E-state index in [-0.39, 0.29) is 12.6 Å². The molecule has 0 aliphatic carbocycles. The van der Waals surface area contributed by atoms with Crippen LogP contribution in [0.5, 0.6) is 0 Å². The number of carbonyl (C=O) groups excluding carboxylic acids is 1. The number of esters is 1. The number of rotatable bonds is 3. The van der Waals surface area contributed by atoms with Crippen LogP contribution in [0.2, 0.25) is 0 Å². The van der Waals surface area contributed by atoms with Crippen molar-refractivity contribution in [2.75, 3.05) is 6.61 Å². The van der Waals surface area contributed by atoms with Crippen LogP contribution in [0.1, 0.15) is 13.3 Å². The molecule has 0 radical (unpaired) electrons. The van der Waals surface area contributed by atoms with Gasteiger partial charge in [0.25, 0.3) is 0 Å². The van der Waals surface area contributed by atoms with Gasteiger partial charge < -0.3 is 4.74 Å². The van der Waals surface area contributed by atoms with Gasteiger partial charge in [0.1, 0.15) is 0 Å². The summed E-state index contributed by atoms with van der Waals surface area (Å²) in [5.74, 6) is 1.82. The van der Waals surface area contributed by atoms with Crippen LogP contribution in [0, 0.1) is 12.3 Å². The molecule has 0 bridgehead atoms. The zero-order chi connectivity index (χ0) is 7.82.